The van der Waals surface area contributed by atoms with Crippen LogP contribution in [0.15, 0.2) is 36.5 Å². The van der Waals surface area contributed by atoms with Gasteiger partial charge in [-0.2, -0.15) is 0 Å². The van der Waals surface area contributed by atoms with Gasteiger partial charge >= 0.3 is 0 Å². The van der Waals surface area contributed by atoms with Crippen LogP contribution in [0.3, 0.4) is 0 Å². The van der Waals surface area contributed by atoms with Gasteiger partial charge in [0.15, 0.2) is 0 Å². The predicted octanol–water partition coefficient (Wildman–Crippen LogP) is 23.0. The summed E-state index contributed by atoms with van der Waals surface area (Å²) < 4.78 is 23.5. The number of aliphatic hydroxyl groups excluding tert-OH is 1. The summed E-state index contributed by atoms with van der Waals surface area (Å²) in [5.74, 6) is -0.203. The van der Waals surface area contributed by atoms with Crippen LogP contribution < -0.4 is 10.2 Å². The summed E-state index contributed by atoms with van der Waals surface area (Å²) in [6.45, 7) is 4.69. The van der Waals surface area contributed by atoms with Crippen molar-refractivity contribution >= 4 is 13.7 Å². The molecule has 0 rings (SSSR count). The van der Waals surface area contributed by atoms with Crippen molar-refractivity contribution < 1.29 is 32.9 Å². The predicted molar refractivity (Wildman–Crippen MR) is 362 cm³/mol. The molecule has 0 aliphatic rings. The Morgan fingerprint density at radius 1 is 0.410 bits per heavy atom. The lowest BCUT2D eigenvalue weighted by atomic mass is 10.0. The number of hydrogen-bond donors (Lipinski definition) is 2. The van der Waals surface area contributed by atoms with E-state index < -0.39 is 26.6 Å². The maximum atomic E-state index is 13.0. The molecule has 0 aromatic rings. The van der Waals surface area contributed by atoms with E-state index in [2.05, 4.69) is 43.5 Å². The normalized spacial score (nSPS) is 13.8. The molecule has 83 heavy (non-hydrogen) atoms. The van der Waals surface area contributed by atoms with E-state index in [1.165, 1.54) is 315 Å². The summed E-state index contributed by atoms with van der Waals surface area (Å²) in [6, 6.07) is -0.910. The maximum Gasteiger partial charge on any atom is 0.268 e. The van der Waals surface area contributed by atoms with Gasteiger partial charge in [0.2, 0.25) is 5.91 Å². The number of nitrogens with one attached hydrogen (secondary N) is 1. The smallest absolute Gasteiger partial charge is 0.268 e. The summed E-state index contributed by atoms with van der Waals surface area (Å²) >= 11 is 0. The van der Waals surface area contributed by atoms with Crippen LogP contribution in [0, 0.1) is 0 Å². The molecule has 9 heteroatoms. The molecule has 8 nitrogen and oxygen atoms in total. The molecule has 492 valence electrons. The number of carbonyl (C=O) groups is 1. The summed E-state index contributed by atoms with van der Waals surface area (Å²) in [5.41, 5.74) is 0. The van der Waals surface area contributed by atoms with Crippen molar-refractivity contribution in [1.29, 1.82) is 0 Å². The second kappa shape index (κ2) is 65.2. The molecule has 0 spiro atoms. The van der Waals surface area contributed by atoms with Crippen LogP contribution in [0.5, 0.6) is 0 Å². The van der Waals surface area contributed by atoms with Gasteiger partial charge in [-0.1, -0.05) is 365 Å². The molecule has 0 aliphatic carbocycles. The highest BCUT2D eigenvalue weighted by Crippen LogP contribution is 2.38. The van der Waals surface area contributed by atoms with E-state index in [-0.39, 0.29) is 12.5 Å². The minimum Gasteiger partial charge on any atom is -0.756 e. The second-order valence-electron chi connectivity index (χ2n) is 26.6. The zero-order chi connectivity index (χ0) is 60.5. The Balaban J connectivity index is 4.06. The Morgan fingerprint density at radius 2 is 0.675 bits per heavy atom. The number of allylic oxidation sites excluding steroid dienone is 5. The zero-order valence-corrected chi connectivity index (χ0v) is 57.3. The van der Waals surface area contributed by atoms with Crippen LogP contribution in [0.4, 0.5) is 0 Å². The molecule has 0 aromatic heterocycles. The van der Waals surface area contributed by atoms with Gasteiger partial charge in [0.05, 0.1) is 39.9 Å². The van der Waals surface area contributed by atoms with Crippen LogP contribution in [0.2, 0.25) is 0 Å². The highest BCUT2D eigenvalue weighted by Gasteiger charge is 2.23. The van der Waals surface area contributed by atoms with Gasteiger partial charge in [0.1, 0.15) is 13.2 Å². The van der Waals surface area contributed by atoms with Crippen molar-refractivity contribution in [2.45, 2.75) is 392 Å². The van der Waals surface area contributed by atoms with Crippen molar-refractivity contribution in [3.63, 3.8) is 0 Å². The van der Waals surface area contributed by atoms with E-state index in [0.717, 1.165) is 44.9 Å². The molecule has 3 atom stereocenters. The number of nitrogens with zero attached hydrogens (tertiary/aromatic N) is 1. The largest absolute Gasteiger partial charge is 0.756 e. The standard InChI is InChI=1S/C74H145N2O6P/c1-6-8-10-12-14-16-18-20-22-24-26-28-30-32-34-36-37-38-40-42-44-46-48-50-52-54-56-58-60-62-64-66-68-74(78)75-72(71-82-83(79,80)81-70-69-76(3,4)5)73(77)67-65-63-61-59-57-55-53-51-49-47-45-43-41-39-35-33-31-29-27-25-23-21-19-17-15-13-11-9-7-2/h49,51,57,59,65,67,72-73,77H,6-48,50,52-56,58,60-64,66,68-71H2,1-5H3,(H-,75,78,79,80)/b51-49+,59-57+,67-65+. The van der Waals surface area contributed by atoms with Crippen molar-refractivity contribution in [3.05, 3.63) is 36.5 Å². The van der Waals surface area contributed by atoms with Gasteiger partial charge in [0, 0.05) is 6.42 Å². The van der Waals surface area contributed by atoms with Crippen LogP contribution in [-0.4, -0.2) is 68.5 Å². The molecule has 0 bridgehead atoms. The van der Waals surface area contributed by atoms with Crippen molar-refractivity contribution in [2.24, 2.45) is 0 Å². The van der Waals surface area contributed by atoms with E-state index >= 15 is 0 Å². The number of carbonyl (C=O) groups excluding carboxylic acids is 1. The van der Waals surface area contributed by atoms with Crippen molar-refractivity contribution in [1.82, 2.24) is 5.32 Å². The number of amides is 1. The summed E-state index contributed by atoms with van der Waals surface area (Å²) in [7, 11) is 1.25. The molecule has 2 N–H and O–H groups in total. The van der Waals surface area contributed by atoms with Crippen LogP contribution in [0.1, 0.15) is 380 Å². The second-order valence-corrected chi connectivity index (χ2v) is 28.1. The van der Waals surface area contributed by atoms with Crippen molar-refractivity contribution in [3.8, 4) is 0 Å². The summed E-state index contributed by atoms with van der Waals surface area (Å²) in [6.07, 6.45) is 87.3. The number of quaternary nitrogens is 1. The first kappa shape index (κ1) is 81.7. The summed E-state index contributed by atoms with van der Waals surface area (Å²) in [4.78, 5) is 25.6. The van der Waals surface area contributed by atoms with Gasteiger partial charge in [-0.15, -0.1) is 0 Å². The zero-order valence-electron chi connectivity index (χ0n) is 56.4. The van der Waals surface area contributed by atoms with E-state index in [0.29, 0.717) is 17.4 Å². The average Bonchev–Trinajstić information content (AvgIpc) is 3.49. The van der Waals surface area contributed by atoms with E-state index in [4.69, 9.17) is 9.05 Å². The molecular weight excluding hydrogens is 1040 g/mol. The number of phosphoric acid groups is 1. The molecule has 0 aromatic carbocycles. The lowest BCUT2D eigenvalue weighted by Gasteiger charge is -2.29. The fourth-order valence-electron chi connectivity index (χ4n) is 11.4. The molecule has 1 amide bonds. The Labute approximate surface area is 518 Å². The van der Waals surface area contributed by atoms with Crippen LogP contribution >= 0.6 is 7.82 Å². The monoisotopic (exact) mass is 1190 g/mol. The van der Waals surface area contributed by atoms with Crippen molar-refractivity contribution in [2.75, 3.05) is 40.9 Å². The third kappa shape index (κ3) is 68.1. The molecule has 3 unspecified atom stereocenters. The molecule has 0 heterocycles. The van der Waals surface area contributed by atoms with Gasteiger partial charge < -0.3 is 28.8 Å². The number of rotatable bonds is 69. The minimum absolute atomic E-state index is 0.00701. The minimum atomic E-state index is -4.62. The van der Waals surface area contributed by atoms with Gasteiger partial charge in [-0.3, -0.25) is 9.36 Å². The molecular formula is C74H145N2O6P. The molecule has 0 saturated heterocycles. The number of aliphatic hydroxyl groups is 1. The molecule has 0 saturated carbocycles. The lowest BCUT2D eigenvalue weighted by Crippen LogP contribution is -2.45. The number of phosphoric ester groups is 1. The first-order chi connectivity index (χ1) is 40.5. The van der Waals surface area contributed by atoms with Gasteiger partial charge in [-0.05, 0) is 44.9 Å². The topological polar surface area (TPSA) is 108 Å². The van der Waals surface area contributed by atoms with E-state index in [9.17, 15) is 19.4 Å². The molecule has 0 fully saturated rings. The third-order valence-electron chi connectivity index (χ3n) is 17.1. The van der Waals surface area contributed by atoms with E-state index in [1.54, 1.807) is 6.08 Å². The lowest BCUT2D eigenvalue weighted by molar-refractivity contribution is -0.870. The maximum absolute atomic E-state index is 13.0. The number of hydrogen-bond acceptors (Lipinski definition) is 6. The first-order valence-electron chi connectivity index (χ1n) is 36.9. The quantitative estimate of drug-likeness (QED) is 0.0272. The van der Waals surface area contributed by atoms with Crippen LogP contribution in [-0.2, 0) is 18.4 Å². The Bertz CT molecular complexity index is 1450. The highest BCUT2D eigenvalue weighted by atomic mass is 31.2. The van der Waals surface area contributed by atoms with E-state index in [1.807, 2.05) is 27.2 Å². The number of likely N-dealkylation sites (N-methyl/N-ethyl adjacent to an activating group) is 1. The SMILES string of the molecule is CCCCCCCCCCCCCCCCCCCCC/C=C/CC/C=C/CC/C=C/C(O)C(COP(=O)([O-])OCC[N+](C)(C)C)NC(=O)CCCCCCCCCCCCCCCCCCCCCCCCCCCCCCCCCC. The van der Waals surface area contributed by atoms with Crippen LogP contribution in [0.25, 0.3) is 0 Å². The Kier molecular flexibility index (Phi) is 64.2. The fraction of sp³-hybridized carbons (Fsp3) is 0.905. The molecule has 0 radical (unpaired) electrons. The highest BCUT2D eigenvalue weighted by molar-refractivity contribution is 7.45. The third-order valence-corrected chi connectivity index (χ3v) is 18.0. The Hall–Kier alpha value is -1.28. The van der Waals surface area contributed by atoms with Gasteiger partial charge in [-0.25, -0.2) is 0 Å². The molecule has 0 aliphatic heterocycles. The Morgan fingerprint density at radius 3 is 0.976 bits per heavy atom. The first-order valence-corrected chi connectivity index (χ1v) is 38.3. The van der Waals surface area contributed by atoms with Gasteiger partial charge in [0.25, 0.3) is 7.82 Å². The number of unbranched alkanes of at least 4 members (excludes halogenated alkanes) is 52. The average molecular weight is 1190 g/mol. The summed E-state index contributed by atoms with van der Waals surface area (Å²) in [5, 5.41) is 13.9. The fourth-order valence-corrected chi connectivity index (χ4v) is 12.1.